The van der Waals surface area contributed by atoms with Crippen molar-refractivity contribution in [3.63, 3.8) is 0 Å². The van der Waals surface area contributed by atoms with Crippen molar-refractivity contribution in [2.75, 3.05) is 18.9 Å². The van der Waals surface area contributed by atoms with Crippen molar-refractivity contribution in [2.45, 2.75) is 45.6 Å². The second-order valence-electron chi connectivity index (χ2n) is 5.38. The van der Waals surface area contributed by atoms with Crippen molar-refractivity contribution in [3.8, 4) is 0 Å². The van der Waals surface area contributed by atoms with Crippen molar-refractivity contribution in [1.29, 1.82) is 0 Å². The molecule has 2 rings (SSSR count). The molecule has 1 aliphatic heterocycles. The molecular formula is C14H22N4O. The lowest BCUT2D eigenvalue weighted by atomic mass is 10.2. The van der Waals surface area contributed by atoms with E-state index in [4.69, 9.17) is 0 Å². The molecule has 1 N–H and O–H groups in total. The molecule has 0 bridgehead atoms. The first-order valence-corrected chi connectivity index (χ1v) is 6.90. The van der Waals surface area contributed by atoms with E-state index in [1.165, 1.54) is 0 Å². The molecule has 5 nitrogen and oxygen atoms in total. The molecule has 1 unspecified atom stereocenters. The van der Waals surface area contributed by atoms with Crippen LogP contribution in [0.5, 0.6) is 0 Å². The number of carbonyl (C=O) groups excluding carboxylic acids is 1. The molecule has 1 aliphatic rings. The van der Waals surface area contributed by atoms with Gasteiger partial charge in [-0.3, -0.25) is 4.79 Å². The minimum atomic E-state index is 0.0126. The second kappa shape index (κ2) is 5.55. The lowest BCUT2D eigenvalue weighted by molar-refractivity contribution is 0.0742. The van der Waals surface area contributed by atoms with Crippen LogP contribution < -0.4 is 5.32 Å². The molecule has 19 heavy (non-hydrogen) atoms. The summed E-state index contributed by atoms with van der Waals surface area (Å²) in [7, 11) is 1.79. The number of hydrogen-bond donors (Lipinski definition) is 1. The van der Waals surface area contributed by atoms with Crippen molar-refractivity contribution in [2.24, 2.45) is 0 Å². The van der Waals surface area contributed by atoms with Crippen LogP contribution in [0.4, 0.5) is 5.69 Å². The summed E-state index contributed by atoms with van der Waals surface area (Å²) in [4.78, 5) is 23.3. The van der Waals surface area contributed by atoms with E-state index in [-0.39, 0.29) is 11.8 Å². The maximum Gasteiger partial charge on any atom is 0.274 e. The fraction of sp³-hybridized carbons (Fsp3) is 0.643. The summed E-state index contributed by atoms with van der Waals surface area (Å²) in [5.74, 6) is 0.946. The lowest BCUT2D eigenvalue weighted by Gasteiger charge is -2.22. The Morgan fingerprint density at radius 3 is 2.79 bits per heavy atom. The Morgan fingerprint density at radius 1 is 1.53 bits per heavy atom. The fourth-order valence-electron chi connectivity index (χ4n) is 2.39. The van der Waals surface area contributed by atoms with Gasteiger partial charge in [0.15, 0.2) is 5.69 Å². The Bertz CT molecular complexity index is 473. The third-order valence-corrected chi connectivity index (χ3v) is 3.61. The number of aromatic nitrogens is 2. The smallest absolute Gasteiger partial charge is 0.274 e. The number of nitrogens with one attached hydrogen (secondary N) is 1. The van der Waals surface area contributed by atoms with Crippen LogP contribution in [0.15, 0.2) is 6.20 Å². The Kier molecular flexibility index (Phi) is 4.02. The van der Waals surface area contributed by atoms with E-state index < -0.39 is 0 Å². The zero-order chi connectivity index (χ0) is 14.0. The first kappa shape index (κ1) is 13.8. The molecule has 1 fully saturated rings. The van der Waals surface area contributed by atoms with Crippen LogP contribution in [0.2, 0.25) is 0 Å². The predicted octanol–water partition coefficient (Wildman–Crippen LogP) is 2.27. The van der Waals surface area contributed by atoms with Gasteiger partial charge in [-0.15, -0.1) is 0 Å². The van der Waals surface area contributed by atoms with Gasteiger partial charge < -0.3 is 10.2 Å². The zero-order valence-corrected chi connectivity index (χ0v) is 12.1. The summed E-state index contributed by atoms with van der Waals surface area (Å²) in [5, 5.41) is 3.01. The highest BCUT2D eigenvalue weighted by Gasteiger charge is 2.28. The molecule has 0 spiro atoms. The normalized spacial score (nSPS) is 19.0. The number of anilines is 1. The molecule has 1 saturated heterocycles. The first-order chi connectivity index (χ1) is 9.04. The molecule has 0 aliphatic carbocycles. The molecule has 104 valence electrons. The van der Waals surface area contributed by atoms with E-state index in [1.807, 2.05) is 18.7 Å². The van der Waals surface area contributed by atoms with E-state index in [2.05, 4.69) is 22.2 Å². The van der Waals surface area contributed by atoms with E-state index in [1.54, 1.807) is 13.2 Å². The van der Waals surface area contributed by atoms with Crippen LogP contribution in [0.25, 0.3) is 0 Å². The summed E-state index contributed by atoms with van der Waals surface area (Å²) >= 11 is 0. The Balaban J connectivity index is 2.36. The highest BCUT2D eigenvalue weighted by Crippen LogP contribution is 2.23. The number of hydrogen-bond acceptors (Lipinski definition) is 4. The third kappa shape index (κ3) is 2.69. The van der Waals surface area contributed by atoms with Gasteiger partial charge in [0.1, 0.15) is 5.82 Å². The van der Waals surface area contributed by atoms with E-state index in [0.717, 1.165) is 19.4 Å². The lowest BCUT2D eigenvalue weighted by Crippen LogP contribution is -2.35. The topological polar surface area (TPSA) is 58.1 Å². The van der Waals surface area contributed by atoms with E-state index in [9.17, 15) is 4.79 Å². The average Bonchev–Trinajstić information content (AvgIpc) is 2.83. The third-order valence-electron chi connectivity index (χ3n) is 3.61. The highest BCUT2D eigenvalue weighted by atomic mass is 16.2. The van der Waals surface area contributed by atoms with Crippen LogP contribution in [-0.4, -0.2) is 40.4 Å². The van der Waals surface area contributed by atoms with E-state index >= 15 is 0 Å². The molecule has 1 aromatic rings. The minimum Gasteiger partial charge on any atom is -0.385 e. The van der Waals surface area contributed by atoms with Gasteiger partial charge in [-0.25, -0.2) is 9.97 Å². The Morgan fingerprint density at radius 2 is 2.26 bits per heavy atom. The fourth-order valence-corrected chi connectivity index (χ4v) is 2.39. The van der Waals surface area contributed by atoms with Gasteiger partial charge in [0.2, 0.25) is 0 Å². The van der Waals surface area contributed by atoms with Crippen LogP contribution in [0, 0.1) is 0 Å². The van der Waals surface area contributed by atoms with Crippen molar-refractivity contribution in [1.82, 2.24) is 14.9 Å². The summed E-state index contributed by atoms with van der Waals surface area (Å²) < 4.78 is 0. The maximum absolute atomic E-state index is 12.6. The number of rotatable bonds is 3. The van der Waals surface area contributed by atoms with Crippen molar-refractivity contribution >= 4 is 11.6 Å². The summed E-state index contributed by atoms with van der Waals surface area (Å²) in [6, 6.07) is 0.301. The molecule has 2 heterocycles. The van der Waals surface area contributed by atoms with Gasteiger partial charge in [0.25, 0.3) is 5.91 Å². The van der Waals surface area contributed by atoms with Crippen LogP contribution >= 0.6 is 0 Å². The average molecular weight is 262 g/mol. The van der Waals surface area contributed by atoms with Crippen molar-refractivity contribution in [3.05, 3.63) is 17.7 Å². The Hall–Kier alpha value is -1.65. The number of amides is 1. The predicted molar refractivity (Wildman–Crippen MR) is 75.4 cm³/mol. The molecular weight excluding hydrogens is 240 g/mol. The SMILES string of the molecule is CNc1cnc(C(C)C)nc1C(=O)N1CCCC1C. The van der Waals surface area contributed by atoms with Crippen LogP contribution in [0.3, 0.4) is 0 Å². The molecule has 1 atom stereocenters. The highest BCUT2D eigenvalue weighted by molar-refractivity contribution is 5.97. The van der Waals surface area contributed by atoms with Gasteiger partial charge in [-0.05, 0) is 19.8 Å². The van der Waals surface area contributed by atoms with Gasteiger partial charge in [0, 0.05) is 25.6 Å². The first-order valence-electron chi connectivity index (χ1n) is 6.90. The molecule has 5 heteroatoms. The van der Waals surface area contributed by atoms with Crippen LogP contribution in [-0.2, 0) is 0 Å². The van der Waals surface area contributed by atoms with E-state index in [0.29, 0.717) is 23.2 Å². The number of nitrogens with zero attached hydrogens (tertiary/aromatic N) is 3. The largest absolute Gasteiger partial charge is 0.385 e. The minimum absolute atomic E-state index is 0.0126. The molecule has 1 amide bonds. The maximum atomic E-state index is 12.6. The second-order valence-corrected chi connectivity index (χ2v) is 5.38. The quantitative estimate of drug-likeness (QED) is 0.907. The number of carbonyl (C=O) groups is 1. The molecule has 0 radical (unpaired) electrons. The standard InChI is InChI=1S/C14H22N4O/c1-9(2)13-16-8-11(15-4)12(17-13)14(19)18-7-5-6-10(18)3/h8-10,15H,5-7H2,1-4H3. The molecule has 0 aromatic carbocycles. The van der Waals surface area contributed by atoms with Crippen LogP contribution in [0.1, 0.15) is 55.8 Å². The summed E-state index contributed by atoms with van der Waals surface area (Å²) in [5.41, 5.74) is 1.20. The number of likely N-dealkylation sites (tertiary alicyclic amines) is 1. The van der Waals surface area contributed by atoms with Crippen molar-refractivity contribution < 1.29 is 4.79 Å². The van der Waals surface area contributed by atoms with Gasteiger partial charge >= 0.3 is 0 Å². The van der Waals surface area contributed by atoms with Gasteiger partial charge in [0.05, 0.1) is 11.9 Å². The van der Waals surface area contributed by atoms with Gasteiger partial charge in [-0.2, -0.15) is 0 Å². The summed E-state index contributed by atoms with van der Waals surface area (Å²) in [6.45, 7) is 6.97. The zero-order valence-electron chi connectivity index (χ0n) is 12.1. The Labute approximate surface area is 114 Å². The monoisotopic (exact) mass is 262 g/mol. The molecule has 0 saturated carbocycles. The molecule has 1 aromatic heterocycles. The van der Waals surface area contributed by atoms with Gasteiger partial charge in [-0.1, -0.05) is 13.8 Å². The summed E-state index contributed by atoms with van der Waals surface area (Å²) in [6.07, 6.45) is 3.85.